The fraction of sp³-hybridized carbons (Fsp3) is 0. The summed E-state index contributed by atoms with van der Waals surface area (Å²) in [6.07, 6.45) is 0. The van der Waals surface area contributed by atoms with E-state index in [2.05, 4.69) is 0 Å². The fourth-order valence-corrected chi connectivity index (χ4v) is 4.16. The molecule has 1 aromatic heterocycles. The van der Waals surface area contributed by atoms with Gasteiger partial charge in [-0.05, 0) is 36.4 Å². The SMILES string of the molecule is O=c1oc2ccccc2n1P(=O)(Oc1ccccc1)Oc1ccccc1. The highest BCUT2D eigenvalue weighted by molar-refractivity contribution is 7.53. The van der Waals surface area contributed by atoms with Gasteiger partial charge in [-0.2, -0.15) is 4.34 Å². The van der Waals surface area contributed by atoms with Crippen molar-refractivity contribution < 1.29 is 18.0 Å². The largest absolute Gasteiger partial charge is 0.554 e. The summed E-state index contributed by atoms with van der Waals surface area (Å²) in [5.74, 6) is -0.200. The molecule has 1 heterocycles. The summed E-state index contributed by atoms with van der Waals surface area (Å²) < 4.78 is 31.2. The van der Waals surface area contributed by atoms with E-state index >= 15 is 0 Å². The van der Waals surface area contributed by atoms with E-state index in [4.69, 9.17) is 13.5 Å². The Morgan fingerprint density at radius 1 is 0.731 bits per heavy atom. The Morgan fingerprint density at radius 3 is 1.81 bits per heavy atom. The van der Waals surface area contributed by atoms with Crippen LogP contribution in [0, 0.1) is 0 Å². The van der Waals surface area contributed by atoms with Crippen LogP contribution in [-0.4, -0.2) is 4.34 Å². The van der Waals surface area contributed by atoms with Gasteiger partial charge in [-0.25, -0.2) is 9.36 Å². The third kappa shape index (κ3) is 3.03. The zero-order chi connectivity index (χ0) is 18.0. The molecule has 0 aliphatic heterocycles. The maximum absolute atomic E-state index is 13.7. The first-order chi connectivity index (χ1) is 12.7. The third-order valence-corrected chi connectivity index (χ3v) is 5.39. The molecule has 0 aliphatic rings. The first-order valence-corrected chi connectivity index (χ1v) is 9.36. The van der Waals surface area contributed by atoms with Crippen LogP contribution in [0.5, 0.6) is 11.5 Å². The number of fused-ring (bicyclic) bond motifs is 1. The van der Waals surface area contributed by atoms with Gasteiger partial charge in [-0.1, -0.05) is 48.5 Å². The highest BCUT2D eigenvalue weighted by Crippen LogP contribution is 2.50. The van der Waals surface area contributed by atoms with Crippen molar-refractivity contribution >= 4 is 18.8 Å². The number of para-hydroxylation sites is 4. The van der Waals surface area contributed by atoms with Crippen LogP contribution in [0.3, 0.4) is 0 Å². The lowest BCUT2D eigenvalue weighted by Gasteiger charge is -2.19. The molecule has 0 atom stereocenters. The van der Waals surface area contributed by atoms with Crippen molar-refractivity contribution in [1.29, 1.82) is 0 Å². The zero-order valence-electron chi connectivity index (χ0n) is 13.5. The molecule has 0 amide bonds. The second-order valence-corrected chi connectivity index (χ2v) is 7.13. The Kier molecular flexibility index (Phi) is 4.11. The van der Waals surface area contributed by atoms with Gasteiger partial charge in [0.25, 0.3) is 0 Å². The van der Waals surface area contributed by atoms with E-state index in [1.807, 2.05) is 0 Å². The number of benzene rings is 3. The molecule has 4 aromatic rings. The number of rotatable bonds is 5. The summed E-state index contributed by atoms with van der Waals surface area (Å²) >= 11 is 0. The van der Waals surface area contributed by atoms with Gasteiger partial charge < -0.3 is 13.5 Å². The lowest BCUT2D eigenvalue weighted by atomic mass is 10.3. The maximum Gasteiger partial charge on any atom is 0.554 e. The molecule has 3 aromatic carbocycles. The predicted molar refractivity (Wildman–Crippen MR) is 97.6 cm³/mol. The number of oxazole rings is 1. The molecule has 0 radical (unpaired) electrons. The first-order valence-electron chi connectivity index (χ1n) is 7.86. The Bertz CT molecular complexity index is 1090. The van der Waals surface area contributed by atoms with Crippen molar-refractivity contribution in [2.45, 2.75) is 0 Å². The molecule has 0 saturated heterocycles. The van der Waals surface area contributed by atoms with E-state index in [9.17, 15) is 9.36 Å². The van der Waals surface area contributed by atoms with Crippen molar-refractivity contribution in [3.05, 3.63) is 95.5 Å². The molecule has 0 aliphatic carbocycles. The number of nitrogens with zero attached hydrogens (tertiary/aromatic N) is 1. The van der Waals surface area contributed by atoms with Crippen LogP contribution in [0.15, 0.2) is 94.1 Å². The molecule has 6 nitrogen and oxygen atoms in total. The smallest absolute Gasteiger partial charge is 0.407 e. The van der Waals surface area contributed by atoms with Crippen LogP contribution in [-0.2, 0) is 4.57 Å². The monoisotopic (exact) mass is 367 g/mol. The minimum atomic E-state index is -4.14. The quantitative estimate of drug-likeness (QED) is 0.478. The topological polar surface area (TPSA) is 70.7 Å². The third-order valence-electron chi connectivity index (χ3n) is 3.64. The second-order valence-electron chi connectivity index (χ2n) is 5.42. The summed E-state index contributed by atoms with van der Waals surface area (Å²) in [6, 6.07) is 23.7. The average Bonchev–Trinajstić information content (AvgIpc) is 2.99. The molecule has 0 bridgehead atoms. The van der Waals surface area contributed by atoms with Crippen molar-refractivity contribution in [3.63, 3.8) is 0 Å². The second kappa shape index (κ2) is 6.58. The molecule has 0 saturated carbocycles. The Hall–Kier alpha value is -3.24. The molecule has 0 N–H and O–H groups in total. The van der Waals surface area contributed by atoms with Crippen LogP contribution in [0.1, 0.15) is 0 Å². The Balaban J connectivity index is 1.88. The zero-order valence-corrected chi connectivity index (χ0v) is 14.4. The summed E-state index contributed by atoms with van der Waals surface area (Å²) in [7, 11) is -4.14. The van der Waals surface area contributed by atoms with E-state index in [1.54, 1.807) is 84.9 Å². The minimum Gasteiger partial charge on any atom is -0.407 e. The summed E-state index contributed by atoms with van der Waals surface area (Å²) in [5.41, 5.74) is 0.624. The number of hydrogen-bond donors (Lipinski definition) is 0. The molecule has 0 unspecified atom stereocenters. The minimum absolute atomic E-state index is 0.297. The van der Waals surface area contributed by atoms with Crippen molar-refractivity contribution in [2.24, 2.45) is 0 Å². The number of aromatic nitrogens is 1. The van der Waals surface area contributed by atoms with Gasteiger partial charge in [0.15, 0.2) is 5.58 Å². The van der Waals surface area contributed by atoms with Gasteiger partial charge in [-0.15, -0.1) is 0 Å². The van der Waals surface area contributed by atoms with Crippen LogP contribution < -0.4 is 14.8 Å². The van der Waals surface area contributed by atoms with Gasteiger partial charge in [-0.3, -0.25) is 0 Å². The Labute approximate surface area is 148 Å². The normalized spacial score (nSPS) is 11.4. The highest BCUT2D eigenvalue weighted by Gasteiger charge is 2.36. The van der Waals surface area contributed by atoms with Crippen molar-refractivity contribution in [3.8, 4) is 11.5 Å². The molecule has 7 heteroatoms. The molecular weight excluding hydrogens is 353 g/mol. The number of hydrogen-bond acceptors (Lipinski definition) is 5. The van der Waals surface area contributed by atoms with Crippen LogP contribution in [0.25, 0.3) is 11.1 Å². The van der Waals surface area contributed by atoms with Gasteiger partial charge in [0, 0.05) is 0 Å². The lowest BCUT2D eigenvalue weighted by molar-refractivity contribution is 0.370. The summed E-state index contributed by atoms with van der Waals surface area (Å²) in [4.78, 5) is 12.4. The Morgan fingerprint density at radius 2 is 1.23 bits per heavy atom. The molecular formula is C19H14NO5P. The maximum atomic E-state index is 13.7. The fourth-order valence-electron chi connectivity index (χ4n) is 2.52. The van der Waals surface area contributed by atoms with Gasteiger partial charge in [0.2, 0.25) is 0 Å². The van der Waals surface area contributed by atoms with E-state index in [0.29, 0.717) is 22.6 Å². The van der Waals surface area contributed by atoms with Crippen molar-refractivity contribution in [1.82, 2.24) is 4.34 Å². The molecule has 0 fully saturated rings. The molecule has 4 rings (SSSR count). The van der Waals surface area contributed by atoms with E-state index in [1.165, 1.54) is 0 Å². The summed E-state index contributed by atoms with van der Waals surface area (Å²) in [5, 5.41) is 0. The van der Waals surface area contributed by atoms with E-state index in [0.717, 1.165) is 4.34 Å². The molecule has 0 spiro atoms. The lowest BCUT2D eigenvalue weighted by Crippen LogP contribution is -2.19. The standard InChI is InChI=1S/C19H14NO5P/c21-19-20(17-13-7-8-14-18(17)23-19)26(22,24-15-9-3-1-4-10-15)25-16-11-5-2-6-12-16/h1-14H. The van der Waals surface area contributed by atoms with Gasteiger partial charge in [0.05, 0.1) is 0 Å². The average molecular weight is 367 g/mol. The predicted octanol–water partition coefficient (Wildman–Crippen LogP) is 4.71. The van der Waals surface area contributed by atoms with Crippen LogP contribution >= 0.6 is 7.75 Å². The first kappa shape index (κ1) is 16.2. The van der Waals surface area contributed by atoms with E-state index < -0.39 is 13.5 Å². The summed E-state index contributed by atoms with van der Waals surface area (Å²) in [6.45, 7) is 0. The van der Waals surface area contributed by atoms with Gasteiger partial charge >= 0.3 is 13.5 Å². The highest BCUT2D eigenvalue weighted by atomic mass is 31.2. The van der Waals surface area contributed by atoms with Crippen molar-refractivity contribution in [2.75, 3.05) is 0 Å². The van der Waals surface area contributed by atoms with Crippen LogP contribution in [0.4, 0.5) is 0 Å². The molecule has 130 valence electrons. The molecule has 26 heavy (non-hydrogen) atoms. The van der Waals surface area contributed by atoms with E-state index in [-0.39, 0.29) is 0 Å². The van der Waals surface area contributed by atoms with Crippen LogP contribution in [0.2, 0.25) is 0 Å². The van der Waals surface area contributed by atoms with Gasteiger partial charge in [0.1, 0.15) is 17.0 Å².